The van der Waals surface area contributed by atoms with Crippen LogP contribution in [-0.4, -0.2) is 52.1 Å². The van der Waals surface area contributed by atoms with Gasteiger partial charge in [-0.15, -0.1) is 10.2 Å². The van der Waals surface area contributed by atoms with Gasteiger partial charge in [0.15, 0.2) is 10.1 Å². The molecule has 0 saturated carbocycles. The third-order valence-corrected chi connectivity index (χ3v) is 7.97. The summed E-state index contributed by atoms with van der Waals surface area (Å²) in [5.41, 5.74) is 2.89. The van der Waals surface area contributed by atoms with Gasteiger partial charge >= 0.3 is 0 Å². The second kappa shape index (κ2) is 9.85. The minimum Gasteiger partial charge on any atom is -0.451 e. The number of nitrogens with zero attached hydrogens (tertiary/aromatic N) is 4. The molecular formula is C24H23ClN4O2S2. The first-order valence-corrected chi connectivity index (χ1v) is 12.9. The number of amides is 1. The van der Waals surface area contributed by atoms with Crippen LogP contribution in [0.15, 0.2) is 57.3 Å². The lowest BCUT2D eigenvalue weighted by Crippen LogP contribution is -2.48. The Morgan fingerprint density at radius 2 is 1.85 bits per heavy atom. The van der Waals surface area contributed by atoms with E-state index in [1.807, 2.05) is 48.2 Å². The minimum atomic E-state index is -0.0404. The lowest BCUT2D eigenvalue weighted by Gasteiger charge is -2.34. The molecule has 33 heavy (non-hydrogen) atoms. The maximum Gasteiger partial charge on any atom is 0.290 e. The molecule has 2 aromatic carbocycles. The first-order chi connectivity index (χ1) is 16.1. The number of fused-ring (bicyclic) bond motifs is 1. The second-order valence-corrected chi connectivity index (χ2v) is 10.8. The van der Waals surface area contributed by atoms with Gasteiger partial charge < -0.3 is 9.32 Å². The average Bonchev–Trinajstić information content (AvgIpc) is 3.42. The molecule has 1 amide bonds. The van der Waals surface area contributed by atoms with Crippen LogP contribution in [0.5, 0.6) is 0 Å². The number of halogens is 1. The molecule has 1 aliphatic rings. The van der Waals surface area contributed by atoms with Crippen LogP contribution < -0.4 is 0 Å². The summed E-state index contributed by atoms with van der Waals surface area (Å²) < 4.78 is 6.97. The Balaban J connectivity index is 1.29. The monoisotopic (exact) mass is 498 g/mol. The quantitative estimate of drug-likeness (QED) is 0.327. The molecule has 1 fully saturated rings. The van der Waals surface area contributed by atoms with E-state index in [0.29, 0.717) is 24.6 Å². The van der Waals surface area contributed by atoms with Gasteiger partial charge in [0.25, 0.3) is 5.91 Å². The highest BCUT2D eigenvalue weighted by molar-refractivity contribution is 8.00. The maximum absolute atomic E-state index is 13.5. The third-order valence-electron chi connectivity index (χ3n) is 5.72. The van der Waals surface area contributed by atoms with E-state index in [1.165, 1.54) is 5.56 Å². The molecule has 4 aromatic rings. The van der Waals surface area contributed by atoms with Crippen molar-refractivity contribution in [1.29, 1.82) is 0 Å². The van der Waals surface area contributed by atoms with Gasteiger partial charge in [-0.2, -0.15) is 0 Å². The Bertz CT molecular complexity index is 1260. The number of piperazine rings is 1. The van der Waals surface area contributed by atoms with Crippen molar-refractivity contribution in [1.82, 2.24) is 20.0 Å². The maximum atomic E-state index is 13.5. The number of carbonyl (C=O) groups excluding carboxylic acids is 1. The SMILES string of the molecule is Cc1nnc(SCc2c(C(=O)N3CCN(Cc4ccc(Cl)cc4)CC3)oc3ccccc23)s1. The zero-order valence-electron chi connectivity index (χ0n) is 18.2. The Morgan fingerprint density at radius 1 is 1.09 bits per heavy atom. The number of benzene rings is 2. The Hall–Kier alpha value is -2.39. The van der Waals surface area contributed by atoms with E-state index < -0.39 is 0 Å². The Labute approximate surface area is 205 Å². The second-order valence-electron chi connectivity index (χ2n) is 7.98. The standard InChI is InChI=1S/C24H23ClN4O2S2/c1-16-26-27-24(33-16)32-15-20-19-4-2-3-5-21(19)31-22(20)23(30)29-12-10-28(11-13-29)14-17-6-8-18(25)9-7-17/h2-9H,10-15H2,1H3. The topological polar surface area (TPSA) is 62.5 Å². The predicted molar refractivity (Wildman–Crippen MR) is 133 cm³/mol. The molecule has 0 unspecified atom stereocenters. The van der Waals surface area contributed by atoms with E-state index in [4.69, 9.17) is 16.0 Å². The van der Waals surface area contributed by atoms with Crippen molar-refractivity contribution in [3.8, 4) is 0 Å². The molecule has 1 aliphatic heterocycles. The van der Waals surface area contributed by atoms with Crippen molar-refractivity contribution in [3.05, 3.63) is 75.4 Å². The highest BCUT2D eigenvalue weighted by Crippen LogP contribution is 2.33. The van der Waals surface area contributed by atoms with Crippen LogP contribution in [0.1, 0.15) is 26.7 Å². The number of aromatic nitrogens is 2. The number of furan rings is 1. The molecule has 0 atom stereocenters. The number of hydrogen-bond acceptors (Lipinski definition) is 7. The first-order valence-electron chi connectivity index (χ1n) is 10.8. The zero-order chi connectivity index (χ0) is 22.8. The van der Waals surface area contributed by atoms with E-state index in [2.05, 4.69) is 27.2 Å². The smallest absolute Gasteiger partial charge is 0.290 e. The van der Waals surface area contributed by atoms with E-state index in [1.54, 1.807) is 23.1 Å². The fourth-order valence-corrected chi connectivity index (χ4v) is 5.96. The summed E-state index contributed by atoms with van der Waals surface area (Å²) in [6.45, 7) is 5.78. The van der Waals surface area contributed by atoms with Crippen molar-refractivity contribution in [2.45, 2.75) is 23.6 Å². The molecule has 5 rings (SSSR count). The molecule has 3 heterocycles. The summed E-state index contributed by atoms with van der Waals surface area (Å²) >= 11 is 9.14. The van der Waals surface area contributed by atoms with Gasteiger partial charge in [-0.3, -0.25) is 9.69 Å². The third kappa shape index (κ3) is 5.09. The summed E-state index contributed by atoms with van der Waals surface area (Å²) in [6.07, 6.45) is 0. The van der Waals surface area contributed by atoms with Crippen LogP contribution in [0.3, 0.4) is 0 Å². The summed E-state index contributed by atoms with van der Waals surface area (Å²) in [7, 11) is 0. The van der Waals surface area contributed by atoms with Gasteiger partial charge in [-0.05, 0) is 30.7 Å². The highest BCUT2D eigenvalue weighted by atomic mass is 35.5. The Kier molecular flexibility index (Phi) is 6.69. The van der Waals surface area contributed by atoms with E-state index in [9.17, 15) is 4.79 Å². The van der Waals surface area contributed by atoms with Crippen molar-refractivity contribution >= 4 is 51.6 Å². The first kappa shape index (κ1) is 22.4. The number of para-hydroxylation sites is 1. The number of hydrogen-bond donors (Lipinski definition) is 0. The zero-order valence-corrected chi connectivity index (χ0v) is 20.6. The number of rotatable bonds is 6. The van der Waals surface area contributed by atoms with Crippen LogP contribution in [0.4, 0.5) is 0 Å². The molecular weight excluding hydrogens is 476 g/mol. The fraction of sp³-hybridized carbons (Fsp3) is 0.292. The molecule has 0 radical (unpaired) electrons. The molecule has 1 saturated heterocycles. The molecule has 170 valence electrons. The van der Waals surface area contributed by atoms with Crippen LogP contribution in [0.2, 0.25) is 5.02 Å². The molecule has 0 aliphatic carbocycles. The number of thioether (sulfide) groups is 1. The van der Waals surface area contributed by atoms with Crippen LogP contribution in [0.25, 0.3) is 11.0 Å². The lowest BCUT2D eigenvalue weighted by molar-refractivity contribution is 0.0599. The van der Waals surface area contributed by atoms with Crippen molar-refractivity contribution in [2.24, 2.45) is 0 Å². The summed E-state index contributed by atoms with van der Waals surface area (Å²) in [4.78, 5) is 17.7. The molecule has 2 aromatic heterocycles. The minimum absolute atomic E-state index is 0.0404. The van der Waals surface area contributed by atoms with E-state index >= 15 is 0 Å². The van der Waals surface area contributed by atoms with Crippen molar-refractivity contribution < 1.29 is 9.21 Å². The molecule has 0 spiro atoms. The summed E-state index contributed by atoms with van der Waals surface area (Å²) in [5, 5.41) is 10.9. The predicted octanol–water partition coefficient (Wildman–Crippen LogP) is 5.50. The molecule has 0 N–H and O–H groups in total. The van der Waals surface area contributed by atoms with Gasteiger partial charge in [0, 0.05) is 54.4 Å². The van der Waals surface area contributed by atoms with Gasteiger partial charge in [-0.1, -0.05) is 65.0 Å². The lowest BCUT2D eigenvalue weighted by atomic mass is 10.1. The fourth-order valence-electron chi connectivity index (χ4n) is 3.99. The normalized spacial score (nSPS) is 14.8. The van der Waals surface area contributed by atoms with E-state index in [-0.39, 0.29) is 5.91 Å². The van der Waals surface area contributed by atoms with Gasteiger partial charge in [0.1, 0.15) is 10.6 Å². The van der Waals surface area contributed by atoms with Crippen LogP contribution >= 0.6 is 34.7 Å². The van der Waals surface area contributed by atoms with Crippen molar-refractivity contribution in [2.75, 3.05) is 26.2 Å². The van der Waals surface area contributed by atoms with E-state index in [0.717, 1.165) is 50.5 Å². The highest BCUT2D eigenvalue weighted by Gasteiger charge is 2.28. The van der Waals surface area contributed by atoms with Crippen LogP contribution in [0, 0.1) is 6.92 Å². The van der Waals surface area contributed by atoms with Gasteiger partial charge in [0.05, 0.1) is 0 Å². The Morgan fingerprint density at radius 3 is 2.58 bits per heavy atom. The largest absolute Gasteiger partial charge is 0.451 e. The number of aryl methyl sites for hydroxylation is 1. The van der Waals surface area contributed by atoms with Crippen molar-refractivity contribution in [3.63, 3.8) is 0 Å². The molecule has 9 heteroatoms. The van der Waals surface area contributed by atoms with Gasteiger partial charge in [-0.25, -0.2) is 0 Å². The summed E-state index contributed by atoms with van der Waals surface area (Å²) in [6, 6.07) is 15.8. The van der Waals surface area contributed by atoms with Gasteiger partial charge in [0.2, 0.25) is 0 Å². The molecule has 6 nitrogen and oxygen atoms in total. The molecule has 0 bridgehead atoms. The summed E-state index contributed by atoms with van der Waals surface area (Å²) in [5.74, 6) is 1.01. The number of carbonyl (C=O) groups is 1. The van der Waals surface area contributed by atoms with Crippen LogP contribution in [-0.2, 0) is 12.3 Å². The average molecular weight is 499 g/mol.